The van der Waals surface area contributed by atoms with Gasteiger partial charge >= 0.3 is 0 Å². The summed E-state index contributed by atoms with van der Waals surface area (Å²) >= 11 is 0. The monoisotopic (exact) mass is 478 g/mol. The molecule has 1 aromatic carbocycles. The van der Waals surface area contributed by atoms with E-state index in [0.29, 0.717) is 22.6 Å². The van der Waals surface area contributed by atoms with Crippen LogP contribution in [0.4, 0.5) is 16.0 Å². The summed E-state index contributed by atoms with van der Waals surface area (Å²) in [6, 6.07) is 3.41. The average Bonchev–Trinajstić information content (AvgIpc) is 3.45. The molecule has 4 aromatic rings. The van der Waals surface area contributed by atoms with E-state index in [9.17, 15) is 4.79 Å². The minimum Gasteiger partial charge on any atom is -0.331 e. The molecule has 182 valence electrons. The molecule has 0 saturated carbocycles. The third-order valence-corrected chi connectivity index (χ3v) is 5.56. The lowest BCUT2D eigenvalue weighted by molar-refractivity contribution is 0.0932. The van der Waals surface area contributed by atoms with Crippen molar-refractivity contribution < 1.29 is 13.7 Å². The first-order chi connectivity index (χ1) is 16.5. The summed E-state index contributed by atoms with van der Waals surface area (Å²) in [7, 11) is 1.80. The zero-order valence-electron chi connectivity index (χ0n) is 20.5. The van der Waals surface area contributed by atoms with Crippen molar-refractivity contribution >= 4 is 17.4 Å². The Hall–Kier alpha value is -4.02. The summed E-state index contributed by atoms with van der Waals surface area (Å²) < 4.78 is 22.2. The molecule has 35 heavy (non-hydrogen) atoms. The molecule has 10 nitrogen and oxygen atoms in total. The Morgan fingerprint density at radius 3 is 2.66 bits per heavy atom. The number of carbonyl (C=O) groups excluding carboxylic acids is 1. The van der Waals surface area contributed by atoms with Gasteiger partial charge in [-0.05, 0) is 30.0 Å². The zero-order chi connectivity index (χ0) is 25.3. The standard InChI is InChI=1S/C24H27FN8O2/c1-13(9-18(34)21-31-22(32-35-21)24(3,4)5)16-7-8-17(19(25)14(16)2)20-26-12-27-23(30-20)29-15-10-28-33(6)11-15/h7-8,10-13H,9H2,1-6H3,(H,26,27,29,30)/t13-/m0/s1. The lowest BCUT2D eigenvalue weighted by atomic mass is 9.90. The molecule has 0 unspecified atom stereocenters. The maximum Gasteiger partial charge on any atom is 0.294 e. The van der Waals surface area contributed by atoms with Crippen LogP contribution >= 0.6 is 0 Å². The van der Waals surface area contributed by atoms with Gasteiger partial charge in [0.15, 0.2) is 11.6 Å². The van der Waals surface area contributed by atoms with E-state index in [-0.39, 0.29) is 46.8 Å². The molecule has 0 amide bonds. The van der Waals surface area contributed by atoms with E-state index >= 15 is 4.39 Å². The number of nitrogens with one attached hydrogen (secondary N) is 1. The summed E-state index contributed by atoms with van der Waals surface area (Å²) in [4.78, 5) is 29.5. The van der Waals surface area contributed by atoms with Gasteiger partial charge in [-0.2, -0.15) is 15.1 Å². The second-order valence-electron chi connectivity index (χ2n) is 9.50. The van der Waals surface area contributed by atoms with Gasteiger partial charge in [0.05, 0.1) is 17.4 Å². The van der Waals surface area contributed by atoms with Crippen LogP contribution in [0.25, 0.3) is 11.4 Å². The van der Waals surface area contributed by atoms with Crippen LogP contribution in [0, 0.1) is 12.7 Å². The molecule has 1 N–H and O–H groups in total. The summed E-state index contributed by atoms with van der Waals surface area (Å²) in [5.41, 5.74) is 1.74. The van der Waals surface area contributed by atoms with Crippen molar-refractivity contribution in [3.63, 3.8) is 0 Å². The van der Waals surface area contributed by atoms with Gasteiger partial charge in [0.25, 0.3) is 5.89 Å². The first-order valence-electron chi connectivity index (χ1n) is 11.1. The number of nitrogens with zero attached hydrogens (tertiary/aromatic N) is 7. The highest BCUT2D eigenvalue weighted by Crippen LogP contribution is 2.31. The SMILES string of the molecule is Cc1c([C@@H](C)CC(=O)c2nc(C(C)(C)C)no2)ccc(-c2ncnc(Nc3cnn(C)c3)n2)c1F. The van der Waals surface area contributed by atoms with Crippen LogP contribution in [0.2, 0.25) is 0 Å². The normalized spacial score (nSPS) is 12.5. The predicted octanol–water partition coefficient (Wildman–Crippen LogP) is 4.52. The number of Topliss-reactive ketones (excluding diaryl/α,β-unsaturated/α-hetero) is 1. The number of hydrogen-bond donors (Lipinski definition) is 1. The van der Waals surface area contributed by atoms with E-state index in [1.165, 1.54) is 6.33 Å². The van der Waals surface area contributed by atoms with Crippen LogP contribution < -0.4 is 5.32 Å². The van der Waals surface area contributed by atoms with Crippen molar-refractivity contribution in [3.8, 4) is 11.4 Å². The number of hydrogen-bond acceptors (Lipinski definition) is 9. The fourth-order valence-electron chi connectivity index (χ4n) is 3.62. The second kappa shape index (κ2) is 9.32. The zero-order valence-corrected chi connectivity index (χ0v) is 20.5. The molecule has 4 rings (SSSR count). The van der Waals surface area contributed by atoms with E-state index in [0.717, 1.165) is 0 Å². The van der Waals surface area contributed by atoms with Crippen LogP contribution in [-0.2, 0) is 12.5 Å². The van der Waals surface area contributed by atoms with Crippen molar-refractivity contribution in [1.82, 2.24) is 34.9 Å². The lowest BCUT2D eigenvalue weighted by Gasteiger charge is -2.16. The molecule has 0 spiro atoms. The minimum atomic E-state index is -0.451. The van der Waals surface area contributed by atoms with E-state index in [1.807, 2.05) is 27.7 Å². The minimum absolute atomic E-state index is 0.0321. The molecule has 3 heterocycles. The van der Waals surface area contributed by atoms with Crippen LogP contribution in [0.1, 0.15) is 67.7 Å². The Morgan fingerprint density at radius 1 is 1.23 bits per heavy atom. The number of ketones is 1. The molecule has 3 aromatic heterocycles. The van der Waals surface area contributed by atoms with Crippen molar-refractivity contribution in [2.45, 2.75) is 52.4 Å². The van der Waals surface area contributed by atoms with E-state index in [1.54, 1.807) is 43.2 Å². The Kier molecular flexibility index (Phi) is 6.42. The molecule has 0 saturated heterocycles. The van der Waals surface area contributed by atoms with Gasteiger partial charge in [0.2, 0.25) is 11.7 Å². The molecular formula is C24H27FN8O2. The first kappa shape index (κ1) is 24.1. The summed E-state index contributed by atoms with van der Waals surface area (Å²) in [6.07, 6.45) is 4.82. The highest BCUT2D eigenvalue weighted by Gasteiger charge is 2.26. The molecule has 0 bridgehead atoms. The molecule has 0 fully saturated rings. The van der Waals surface area contributed by atoms with Crippen molar-refractivity contribution in [2.75, 3.05) is 5.32 Å². The van der Waals surface area contributed by atoms with Crippen LogP contribution in [0.5, 0.6) is 0 Å². The van der Waals surface area contributed by atoms with E-state index in [4.69, 9.17) is 4.52 Å². The van der Waals surface area contributed by atoms with Gasteiger partial charge in [-0.25, -0.2) is 14.4 Å². The molecule has 0 aliphatic rings. The quantitative estimate of drug-likeness (QED) is 0.382. The maximum absolute atomic E-state index is 15.4. The topological polar surface area (TPSA) is 125 Å². The van der Waals surface area contributed by atoms with Gasteiger partial charge in [-0.15, -0.1) is 0 Å². The fourth-order valence-corrected chi connectivity index (χ4v) is 3.62. The fraction of sp³-hybridized carbons (Fsp3) is 0.375. The average molecular weight is 479 g/mol. The molecule has 1 atom stereocenters. The lowest BCUT2D eigenvalue weighted by Crippen LogP contribution is -2.14. The second-order valence-corrected chi connectivity index (χ2v) is 9.50. The Labute approximate surface area is 202 Å². The summed E-state index contributed by atoms with van der Waals surface area (Å²) in [6.45, 7) is 9.35. The summed E-state index contributed by atoms with van der Waals surface area (Å²) in [5.74, 6) is -0.0939. The highest BCUT2D eigenvalue weighted by molar-refractivity contribution is 5.92. The number of anilines is 2. The van der Waals surface area contributed by atoms with Gasteiger partial charge in [0, 0.05) is 25.1 Å². The third kappa shape index (κ3) is 5.23. The Bertz CT molecular complexity index is 1370. The number of rotatable bonds is 7. The van der Waals surface area contributed by atoms with Crippen molar-refractivity contribution in [1.29, 1.82) is 0 Å². The van der Waals surface area contributed by atoms with E-state index < -0.39 is 5.82 Å². The molecule has 0 aliphatic heterocycles. The molecule has 0 aliphatic carbocycles. The molecule has 11 heteroatoms. The van der Waals surface area contributed by atoms with Gasteiger partial charge in [0.1, 0.15) is 12.1 Å². The molecular weight excluding hydrogens is 451 g/mol. The summed E-state index contributed by atoms with van der Waals surface area (Å²) in [5, 5.41) is 11.0. The maximum atomic E-state index is 15.4. The van der Waals surface area contributed by atoms with Gasteiger partial charge in [-0.1, -0.05) is 38.9 Å². The highest BCUT2D eigenvalue weighted by atomic mass is 19.1. The first-order valence-corrected chi connectivity index (χ1v) is 11.1. The predicted molar refractivity (Wildman–Crippen MR) is 127 cm³/mol. The Balaban J connectivity index is 1.53. The van der Waals surface area contributed by atoms with Crippen LogP contribution in [-0.4, -0.2) is 40.7 Å². The van der Waals surface area contributed by atoms with Crippen LogP contribution in [0.3, 0.4) is 0 Å². The number of benzene rings is 1. The molecule has 0 radical (unpaired) electrons. The van der Waals surface area contributed by atoms with Crippen LogP contribution in [0.15, 0.2) is 35.4 Å². The Morgan fingerprint density at radius 2 is 2.00 bits per heavy atom. The number of aromatic nitrogens is 7. The number of aryl methyl sites for hydroxylation is 1. The number of halogens is 1. The number of carbonyl (C=O) groups is 1. The van der Waals surface area contributed by atoms with Gasteiger partial charge < -0.3 is 9.84 Å². The smallest absolute Gasteiger partial charge is 0.294 e. The van der Waals surface area contributed by atoms with E-state index in [2.05, 4.69) is 35.5 Å². The van der Waals surface area contributed by atoms with Crippen molar-refractivity contribution in [3.05, 3.63) is 59.5 Å². The van der Waals surface area contributed by atoms with Crippen molar-refractivity contribution in [2.24, 2.45) is 7.05 Å². The van der Waals surface area contributed by atoms with Gasteiger partial charge in [-0.3, -0.25) is 9.48 Å². The third-order valence-electron chi connectivity index (χ3n) is 5.56. The largest absolute Gasteiger partial charge is 0.331 e.